The first-order valence-electron chi connectivity index (χ1n) is 7.69. The van der Waals surface area contributed by atoms with Crippen LogP contribution in [0.3, 0.4) is 0 Å². The van der Waals surface area contributed by atoms with E-state index in [4.69, 9.17) is 11.6 Å². The van der Waals surface area contributed by atoms with Crippen molar-refractivity contribution in [2.75, 3.05) is 31.5 Å². The zero-order valence-electron chi connectivity index (χ0n) is 12.8. The fourth-order valence-electron chi connectivity index (χ4n) is 2.41. The number of nitrogens with zero attached hydrogens (tertiary/aromatic N) is 2. The Labute approximate surface area is 136 Å². The largest absolute Gasteiger partial charge is 0.339 e. The maximum atomic E-state index is 12.2. The standard InChI is InChI=1S/C16H22ClN3O2/c1-2-3-7-15(21)19-8-10-20(11-9-19)16(22)18-14-6-4-5-13(17)12-14/h4-6,12H,2-3,7-11H2,1H3,(H,18,22). The van der Waals surface area contributed by atoms with E-state index in [0.29, 0.717) is 43.3 Å². The third kappa shape index (κ3) is 4.63. The minimum absolute atomic E-state index is 0.150. The molecule has 1 fully saturated rings. The molecule has 0 saturated carbocycles. The number of carbonyl (C=O) groups is 2. The van der Waals surface area contributed by atoms with E-state index >= 15 is 0 Å². The van der Waals surface area contributed by atoms with Crippen molar-refractivity contribution in [2.24, 2.45) is 0 Å². The molecule has 22 heavy (non-hydrogen) atoms. The molecular weight excluding hydrogens is 302 g/mol. The maximum Gasteiger partial charge on any atom is 0.321 e. The van der Waals surface area contributed by atoms with Gasteiger partial charge in [0.15, 0.2) is 0 Å². The molecule has 6 heteroatoms. The van der Waals surface area contributed by atoms with Gasteiger partial charge in [0.1, 0.15) is 0 Å². The minimum atomic E-state index is -0.150. The highest BCUT2D eigenvalue weighted by Gasteiger charge is 2.23. The second-order valence-electron chi connectivity index (χ2n) is 5.41. The molecule has 0 aliphatic carbocycles. The molecule has 120 valence electrons. The third-order valence-corrected chi connectivity index (χ3v) is 3.97. The van der Waals surface area contributed by atoms with Gasteiger partial charge in [0.25, 0.3) is 0 Å². The van der Waals surface area contributed by atoms with Gasteiger partial charge >= 0.3 is 6.03 Å². The zero-order chi connectivity index (χ0) is 15.9. The Morgan fingerprint density at radius 1 is 1.18 bits per heavy atom. The summed E-state index contributed by atoms with van der Waals surface area (Å²) in [6.45, 7) is 4.40. The summed E-state index contributed by atoms with van der Waals surface area (Å²) in [5.41, 5.74) is 0.680. The van der Waals surface area contributed by atoms with Crippen molar-refractivity contribution in [1.29, 1.82) is 0 Å². The van der Waals surface area contributed by atoms with Gasteiger partial charge in [-0.15, -0.1) is 0 Å². The summed E-state index contributed by atoms with van der Waals surface area (Å²) < 4.78 is 0. The number of amides is 3. The quantitative estimate of drug-likeness (QED) is 0.925. The van der Waals surface area contributed by atoms with Gasteiger partial charge in [-0.1, -0.05) is 31.0 Å². The molecule has 0 aromatic heterocycles. The second-order valence-corrected chi connectivity index (χ2v) is 5.85. The SMILES string of the molecule is CCCCC(=O)N1CCN(C(=O)Nc2cccc(Cl)c2)CC1. The van der Waals surface area contributed by atoms with Crippen LogP contribution in [0.5, 0.6) is 0 Å². The van der Waals surface area contributed by atoms with Crippen LogP contribution in [0, 0.1) is 0 Å². The molecule has 1 aliphatic rings. The van der Waals surface area contributed by atoms with Crippen LogP contribution >= 0.6 is 11.6 Å². The van der Waals surface area contributed by atoms with Gasteiger partial charge < -0.3 is 15.1 Å². The first-order chi connectivity index (χ1) is 10.6. The topological polar surface area (TPSA) is 52.7 Å². The number of carbonyl (C=O) groups excluding carboxylic acids is 2. The summed E-state index contributed by atoms with van der Waals surface area (Å²) in [7, 11) is 0. The van der Waals surface area contributed by atoms with Crippen LogP contribution in [0.1, 0.15) is 26.2 Å². The highest BCUT2D eigenvalue weighted by molar-refractivity contribution is 6.30. The van der Waals surface area contributed by atoms with E-state index in [9.17, 15) is 9.59 Å². The Bertz CT molecular complexity index is 528. The summed E-state index contributed by atoms with van der Waals surface area (Å²) in [5.74, 6) is 0.191. The number of hydrogen-bond acceptors (Lipinski definition) is 2. The van der Waals surface area contributed by atoms with Crippen molar-refractivity contribution in [3.05, 3.63) is 29.3 Å². The van der Waals surface area contributed by atoms with Crippen LogP contribution in [0.2, 0.25) is 5.02 Å². The number of urea groups is 1. The molecule has 2 rings (SSSR count). The van der Waals surface area contributed by atoms with E-state index < -0.39 is 0 Å². The predicted molar refractivity (Wildman–Crippen MR) is 88.1 cm³/mol. The summed E-state index contributed by atoms with van der Waals surface area (Å²) in [6.07, 6.45) is 2.55. The van der Waals surface area contributed by atoms with Crippen LogP contribution in [-0.2, 0) is 4.79 Å². The Kier molecular flexibility index (Phi) is 6.07. The van der Waals surface area contributed by atoms with E-state index in [1.807, 2.05) is 4.90 Å². The fraction of sp³-hybridized carbons (Fsp3) is 0.500. The molecule has 1 N–H and O–H groups in total. The lowest BCUT2D eigenvalue weighted by molar-refractivity contribution is -0.132. The lowest BCUT2D eigenvalue weighted by Crippen LogP contribution is -2.51. The van der Waals surface area contributed by atoms with Crippen LogP contribution in [0.25, 0.3) is 0 Å². The predicted octanol–water partition coefficient (Wildman–Crippen LogP) is 3.21. The molecule has 1 saturated heterocycles. The van der Waals surface area contributed by atoms with Crippen molar-refractivity contribution in [3.8, 4) is 0 Å². The third-order valence-electron chi connectivity index (χ3n) is 3.74. The summed E-state index contributed by atoms with van der Waals surface area (Å²) in [5, 5.41) is 3.42. The lowest BCUT2D eigenvalue weighted by atomic mass is 10.2. The summed E-state index contributed by atoms with van der Waals surface area (Å²) in [4.78, 5) is 27.7. The number of anilines is 1. The Hall–Kier alpha value is -1.75. The van der Waals surface area contributed by atoms with Crippen molar-refractivity contribution in [2.45, 2.75) is 26.2 Å². The molecule has 1 aromatic rings. The van der Waals surface area contributed by atoms with Crippen molar-refractivity contribution >= 4 is 29.2 Å². The van der Waals surface area contributed by atoms with Gasteiger partial charge in [0.05, 0.1) is 0 Å². The van der Waals surface area contributed by atoms with E-state index in [1.54, 1.807) is 29.2 Å². The molecule has 1 aromatic carbocycles. The monoisotopic (exact) mass is 323 g/mol. The van der Waals surface area contributed by atoms with Gasteiger partial charge in [0, 0.05) is 43.3 Å². The number of rotatable bonds is 4. The molecule has 0 unspecified atom stereocenters. The van der Waals surface area contributed by atoms with Gasteiger partial charge in [-0.25, -0.2) is 4.79 Å². The average molecular weight is 324 g/mol. The van der Waals surface area contributed by atoms with E-state index in [2.05, 4.69) is 12.2 Å². The molecule has 1 heterocycles. The van der Waals surface area contributed by atoms with Crippen LogP contribution < -0.4 is 5.32 Å². The first kappa shape index (κ1) is 16.6. The molecule has 0 radical (unpaired) electrons. The maximum absolute atomic E-state index is 12.2. The highest BCUT2D eigenvalue weighted by atomic mass is 35.5. The van der Waals surface area contributed by atoms with E-state index in [1.165, 1.54) is 0 Å². The van der Waals surface area contributed by atoms with Gasteiger partial charge in [0.2, 0.25) is 5.91 Å². The number of benzene rings is 1. The molecule has 3 amide bonds. The number of halogens is 1. The molecular formula is C16H22ClN3O2. The lowest BCUT2D eigenvalue weighted by Gasteiger charge is -2.34. The Morgan fingerprint density at radius 2 is 1.86 bits per heavy atom. The minimum Gasteiger partial charge on any atom is -0.339 e. The van der Waals surface area contributed by atoms with E-state index in [-0.39, 0.29) is 11.9 Å². The first-order valence-corrected chi connectivity index (χ1v) is 8.07. The molecule has 0 spiro atoms. The number of nitrogens with one attached hydrogen (secondary N) is 1. The fourth-order valence-corrected chi connectivity index (χ4v) is 2.60. The average Bonchev–Trinajstić information content (AvgIpc) is 2.52. The molecule has 5 nitrogen and oxygen atoms in total. The summed E-state index contributed by atoms with van der Waals surface area (Å²) >= 11 is 5.90. The molecule has 1 aliphatic heterocycles. The molecule has 0 bridgehead atoms. The van der Waals surface area contributed by atoms with E-state index in [0.717, 1.165) is 12.8 Å². The smallest absolute Gasteiger partial charge is 0.321 e. The second kappa shape index (κ2) is 8.03. The zero-order valence-corrected chi connectivity index (χ0v) is 13.6. The number of hydrogen-bond donors (Lipinski definition) is 1. The van der Waals surface area contributed by atoms with Gasteiger partial charge in [-0.2, -0.15) is 0 Å². The van der Waals surface area contributed by atoms with Gasteiger partial charge in [-0.05, 0) is 24.6 Å². The number of unbranched alkanes of at least 4 members (excludes halogenated alkanes) is 1. The number of piperazine rings is 1. The van der Waals surface area contributed by atoms with Crippen LogP contribution in [0.15, 0.2) is 24.3 Å². The Morgan fingerprint density at radius 3 is 2.50 bits per heavy atom. The normalized spacial score (nSPS) is 14.8. The van der Waals surface area contributed by atoms with Gasteiger partial charge in [-0.3, -0.25) is 4.79 Å². The van der Waals surface area contributed by atoms with Crippen LogP contribution in [0.4, 0.5) is 10.5 Å². The van der Waals surface area contributed by atoms with Crippen molar-refractivity contribution in [1.82, 2.24) is 9.80 Å². The Balaban J connectivity index is 1.81. The van der Waals surface area contributed by atoms with Crippen molar-refractivity contribution in [3.63, 3.8) is 0 Å². The molecule has 0 atom stereocenters. The van der Waals surface area contributed by atoms with Crippen molar-refractivity contribution < 1.29 is 9.59 Å². The van der Waals surface area contributed by atoms with Crippen LogP contribution in [-0.4, -0.2) is 47.9 Å². The highest BCUT2D eigenvalue weighted by Crippen LogP contribution is 2.16. The summed E-state index contributed by atoms with van der Waals surface area (Å²) in [6, 6.07) is 6.92.